The van der Waals surface area contributed by atoms with E-state index in [1.165, 1.54) is 0 Å². The van der Waals surface area contributed by atoms with Gasteiger partial charge in [0, 0.05) is 0 Å². The van der Waals surface area contributed by atoms with Crippen molar-refractivity contribution in [1.29, 1.82) is 0 Å². The quantitative estimate of drug-likeness (QED) is 0.276. The number of sulfone groups is 1. The van der Waals surface area contributed by atoms with Crippen molar-refractivity contribution < 1.29 is 18.3 Å². The van der Waals surface area contributed by atoms with Gasteiger partial charge in [-0.15, -0.1) is 0 Å². The first-order valence-corrected chi connectivity index (χ1v) is 13.8. The number of carboxylic acids is 1. The number of hydrogen-bond acceptors (Lipinski definition) is 4. The molecule has 0 unspecified atom stereocenters. The number of aromatic carboxylic acids is 1. The van der Waals surface area contributed by atoms with Gasteiger partial charge in [0.25, 0.3) is 0 Å². The van der Waals surface area contributed by atoms with Gasteiger partial charge < -0.3 is 9.90 Å². The first-order chi connectivity index (χ1) is 14.0. The monoisotopic (exact) mass is 596 g/mol. The molecule has 0 saturated heterocycles. The van der Waals surface area contributed by atoms with Crippen LogP contribution in [-0.2, 0) is 9.84 Å². The molecule has 0 N–H and O–H groups in total. The summed E-state index contributed by atoms with van der Waals surface area (Å²) in [5.41, 5.74) is 2.08. The van der Waals surface area contributed by atoms with E-state index < -0.39 is 39.0 Å². The van der Waals surface area contributed by atoms with Gasteiger partial charge in [-0.25, -0.2) is 0 Å². The molecule has 4 nitrogen and oxygen atoms in total. The van der Waals surface area contributed by atoms with E-state index in [4.69, 9.17) is 0 Å². The van der Waals surface area contributed by atoms with Crippen LogP contribution in [-0.4, -0.2) is 37.6 Å². The van der Waals surface area contributed by atoms with Crippen LogP contribution in [0, 0.1) is 0 Å². The first kappa shape index (κ1) is 19.7. The van der Waals surface area contributed by atoms with Gasteiger partial charge in [0.15, 0.2) is 0 Å². The Morgan fingerprint density at radius 1 is 0.690 bits per heavy atom. The Hall–Kier alpha value is -2.56. The fourth-order valence-corrected chi connectivity index (χ4v) is 11.9. The molecule has 5 rings (SSSR count). The maximum atomic E-state index is 12.3. The van der Waals surface area contributed by atoms with Gasteiger partial charge in [0.05, 0.1) is 5.97 Å². The normalized spacial score (nSPS) is 13.5. The molecular formula is C23H15BiO4S. The van der Waals surface area contributed by atoms with E-state index in [1.54, 1.807) is 36.4 Å². The second kappa shape index (κ2) is 8.05. The molecule has 3 aliphatic rings. The predicted octanol–water partition coefficient (Wildman–Crippen LogP) is 1.64. The van der Waals surface area contributed by atoms with Crippen molar-refractivity contribution in [3.63, 3.8) is 0 Å². The van der Waals surface area contributed by atoms with Crippen molar-refractivity contribution in [3.05, 3.63) is 96.6 Å². The van der Waals surface area contributed by atoms with Gasteiger partial charge in [-0.3, -0.25) is 0 Å². The standard InChI is InChI=1S/C12H8O2S.C11H8O2.Bi/c13-15(14,11-7-3-1-4-8-11)12-9-5-2-6-10-12;12-11(13)10-6-8-4-2-1-3-5-9(8)7-10;/h1-7,9H;1-7H,(H,12,13);/q;;+1/p-1. The molecule has 2 aliphatic carbocycles. The minimum absolute atomic E-state index is 0.237. The molecule has 0 spiro atoms. The molecule has 1 aliphatic heterocycles. The third kappa shape index (κ3) is 3.96. The number of carboxylic acid groups (broad SMARTS) is 1. The maximum absolute atomic E-state index is 12.3. The number of carbonyl (C=O) groups excluding carboxylic acids is 1. The van der Waals surface area contributed by atoms with Gasteiger partial charge in [0.1, 0.15) is 0 Å². The Morgan fingerprint density at radius 2 is 1.14 bits per heavy atom. The molecular weight excluding hydrogens is 581 g/mol. The molecule has 29 heavy (non-hydrogen) atoms. The van der Waals surface area contributed by atoms with Crippen molar-refractivity contribution in [2.75, 3.05) is 0 Å². The fourth-order valence-electron chi connectivity index (χ4n) is 3.13. The molecule has 0 saturated carbocycles. The molecule has 2 aromatic carbocycles. The van der Waals surface area contributed by atoms with Gasteiger partial charge in [-0.1, -0.05) is 30.3 Å². The minimum atomic E-state index is -3.26. The first-order valence-electron chi connectivity index (χ1n) is 8.82. The van der Waals surface area contributed by atoms with Gasteiger partial charge in [-0.2, -0.15) is 0 Å². The Bertz CT molecular complexity index is 1200. The van der Waals surface area contributed by atoms with E-state index in [0.29, 0.717) is 9.79 Å². The Morgan fingerprint density at radius 3 is 1.62 bits per heavy atom. The van der Waals surface area contributed by atoms with E-state index in [9.17, 15) is 18.3 Å². The van der Waals surface area contributed by atoms with E-state index in [-0.39, 0.29) is 5.56 Å². The van der Waals surface area contributed by atoms with Crippen LogP contribution in [0.2, 0.25) is 0 Å². The summed E-state index contributed by atoms with van der Waals surface area (Å²) < 4.78 is 26.8. The summed E-state index contributed by atoms with van der Waals surface area (Å²) in [4.78, 5) is 11.6. The van der Waals surface area contributed by atoms with E-state index >= 15 is 0 Å². The molecule has 1 heterocycles. The van der Waals surface area contributed by atoms with Crippen molar-refractivity contribution in [2.45, 2.75) is 9.79 Å². The summed E-state index contributed by atoms with van der Waals surface area (Å²) in [5, 5.41) is 10.5. The van der Waals surface area contributed by atoms with Gasteiger partial charge in [0.2, 0.25) is 0 Å². The average Bonchev–Trinajstić information content (AvgIpc) is 3.00. The zero-order valence-electron chi connectivity index (χ0n) is 15.1. The van der Waals surface area contributed by atoms with Crippen LogP contribution in [0.5, 0.6) is 0 Å². The zero-order chi connectivity index (χ0) is 20.4. The molecule has 2 aromatic rings. The van der Waals surface area contributed by atoms with Crippen molar-refractivity contribution >= 4 is 45.6 Å². The molecule has 0 atom stereocenters. The van der Waals surface area contributed by atoms with Crippen LogP contribution in [0.4, 0.5) is 0 Å². The van der Waals surface area contributed by atoms with Crippen molar-refractivity contribution in [3.8, 4) is 11.1 Å². The van der Waals surface area contributed by atoms with Crippen molar-refractivity contribution in [2.24, 2.45) is 0 Å². The summed E-state index contributed by atoms with van der Waals surface area (Å²) in [6.45, 7) is 0. The van der Waals surface area contributed by atoms with Gasteiger partial charge >= 0.3 is 106 Å². The number of hydrogen-bond donors (Lipinski definition) is 0. The molecule has 142 valence electrons. The Kier molecular flexibility index (Phi) is 5.48. The van der Waals surface area contributed by atoms with Crippen LogP contribution < -0.4 is 11.6 Å². The predicted molar refractivity (Wildman–Crippen MR) is 111 cm³/mol. The Balaban J connectivity index is 0.000000145. The molecule has 0 bridgehead atoms. The second-order valence-electron chi connectivity index (χ2n) is 6.40. The number of benzene rings is 2. The van der Waals surface area contributed by atoms with E-state index in [1.807, 2.05) is 54.6 Å². The molecule has 0 fully saturated rings. The van der Waals surface area contributed by atoms with E-state index in [0.717, 1.165) is 17.7 Å². The van der Waals surface area contributed by atoms with Crippen LogP contribution in [0.3, 0.4) is 0 Å². The zero-order valence-corrected chi connectivity index (χ0v) is 19.4. The SMILES string of the molecule is O=C([O-])c1cc2cccccc-2c1.O=S1(=O)c2cccc[c]2[Bi+][c]2ccccc21. The summed E-state index contributed by atoms with van der Waals surface area (Å²) in [7, 11) is -3.26. The van der Waals surface area contributed by atoms with Crippen molar-refractivity contribution in [1.82, 2.24) is 0 Å². The molecule has 0 amide bonds. The third-order valence-electron chi connectivity index (χ3n) is 4.52. The summed E-state index contributed by atoms with van der Waals surface area (Å²) in [5.74, 6) is -1.13. The second-order valence-corrected chi connectivity index (χ2v) is 12.9. The van der Waals surface area contributed by atoms with Crippen LogP contribution in [0.25, 0.3) is 11.1 Å². The van der Waals surface area contributed by atoms with Crippen LogP contribution >= 0.6 is 0 Å². The van der Waals surface area contributed by atoms with E-state index in [2.05, 4.69) is 0 Å². The third-order valence-corrected chi connectivity index (χ3v) is 12.5. The fraction of sp³-hybridized carbons (Fsp3) is 0. The molecule has 2 radical (unpaired) electrons. The Labute approximate surface area is 180 Å². The van der Waals surface area contributed by atoms with Crippen LogP contribution in [0.15, 0.2) is 101 Å². The van der Waals surface area contributed by atoms with Gasteiger partial charge in [-0.05, 0) is 28.8 Å². The molecule has 6 heteroatoms. The summed E-state index contributed by atoms with van der Waals surface area (Å²) in [6, 6.07) is 27.4. The molecule has 0 aromatic heterocycles. The summed E-state index contributed by atoms with van der Waals surface area (Å²) >= 11 is -1.05. The average molecular weight is 596 g/mol. The summed E-state index contributed by atoms with van der Waals surface area (Å²) in [6.07, 6.45) is 0. The topological polar surface area (TPSA) is 74.3 Å². The number of fused-ring (bicyclic) bond motifs is 3. The van der Waals surface area contributed by atoms with Crippen LogP contribution in [0.1, 0.15) is 10.4 Å². The number of rotatable bonds is 1. The number of carbonyl (C=O) groups is 1.